The number of nitrogens with one attached hydrogen (secondary N) is 1. The van der Waals surface area contributed by atoms with Crippen molar-refractivity contribution in [2.24, 2.45) is 7.05 Å². The molecule has 2 heterocycles. The Morgan fingerprint density at radius 2 is 1.90 bits per heavy atom. The Labute approximate surface area is 175 Å². The number of benzene rings is 2. The first-order chi connectivity index (χ1) is 14.7. The molecule has 0 radical (unpaired) electrons. The molecule has 7 nitrogen and oxygen atoms in total. The second-order valence-corrected chi connectivity index (χ2v) is 7.01. The summed E-state index contributed by atoms with van der Waals surface area (Å²) >= 11 is 0. The van der Waals surface area contributed by atoms with E-state index in [9.17, 15) is 4.79 Å². The monoisotopic (exact) mass is 401 g/mol. The topological polar surface area (TPSA) is 74.0 Å². The van der Waals surface area contributed by atoms with Gasteiger partial charge < -0.3 is 19.2 Å². The van der Waals surface area contributed by atoms with Gasteiger partial charge in [-0.3, -0.25) is 4.79 Å². The lowest BCUT2D eigenvalue weighted by molar-refractivity contribution is 0.0951. The molecule has 0 saturated carbocycles. The quantitative estimate of drug-likeness (QED) is 0.492. The molecule has 0 aliphatic rings. The van der Waals surface area contributed by atoms with Crippen molar-refractivity contribution in [3.63, 3.8) is 0 Å². The third kappa shape index (κ3) is 4.94. The minimum Gasteiger partial charge on any atom is -0.486 e. The van der Waals surface area contributed by atoms with E-state index >= 15 is 0 Å². The van der Waals surface area contributed by atoms with Crippen molar-refractivity contribution in [2.75, 3.05) is 0 Å². The van der Waals surface area contributed by atoms with Crippen LogP contribution in [0.2, 0.25) is 0 Å². The molecule has 0 aliphatic carbocycles. The van der Waals surface area contributed by atoms with Crippen LogP contribution in [0.25, 0.3) is 0 Å². The lowest BCUT2D eigenvalue weighted by atomic mass is 10.1. The van der Waals surface area contributed by atoms with Gasteiger partial charge in [0.15, 0.2) is 0 Å². The van der Waals surface area contributed by atoms with E-state index < -0.39 is 0 Å². The van der Waals surface area contributed by atoms with E-state index in [4.69, 9.17) is 4.74 Å². The predicted octanol–water partition coefficient (Wildman–Crippen LogP) is 3.17. The molecule has 0 spiro atoms. The summed E-state index contributed by atoms with van der Waals surface area (Å²) in [5, 5.41) is 2.97. The summed E-state index contributed by atoms with van der Waals surface area (Å²) in [6, 6.07) is 15.3. The highest BCUT2D eigenvalue weighted by Gasteiger charge is 2.07. The Morgan fingerprint density at radius 3 is 2.63 bits per heavy atom. The average molecular weight is 401 g/mol. The Balaban J connectivity index is 1.30. The summed E-state index contributed by atoms with van der Waals surface area (Å²) in [6.07, 6.45) is 9.09. The van der Waals surface area contributed by atoms with Gasteiger partial charge in [0.1, 0.15) is 18.2 Å². The van der Waals surface area contributed by atoms with Gasteiger partial charge in [0, 0.05) is 50.5 Å². The van der Waals surface area contributed by atoms with Gasteiger partial charge in [-0.15, -0.1) is 0 Å². The molecular weight excluding hydrogens is 378 g/mol. The lowest BCUT2D eigenvalue weighted by Gasteiger charge is -2.09. The number of carbonyl (C=O) groups excluding carboxylic acids is 1. The Morgan fingerprint density at radius 1 is 1.07 bits per heavy atom. The number of aromatic nitrogens is 4. The van der Waals surface area contributed by atoms with Gasteiger partial charge in [-0.2, -0.15) is 0 Å². The van der Waals surface area contributed by atoms with E-state index in [2.05, 4.69) is 27.4 Å². The summed E-state index contributed by atoms with van der Waals surface area (Å²) in [7, 11) is 1.92. The first-order valence-electron chi connectivity index (χ1n) is 9.68. The zero-order chi connectivity index (χ0) is 20.8. The molecule has 0 bridgehead atoms. The first-order valence-corrected chi connectivity index (χ1v) is 9.68. The van der Waals surface area contributed by atoms with Crippen molar-refractivity contribution in [3.05, 3.63) is 102 Å². The maximum absolute atomic E-state index is 12.5. The molecule has 4 aromatic rings. The second kappa shape index (κ2) is 9.09. The first kappa shape index (κ1) is 19.4. The van der Waals surface area contributed by atoms with Crippen LogP contribution >= 0.6 is 0 Å². The van der Waals surface area contributed by atoms with Crippen LogP contribution in [-0.4, -0.2) is 25.0 Å². The third-order valence-corrected chi connectivity index (χ3v) is 4.77. The van der Waals surface area contributed by atoms with E-state index in [1.807, 2.05) is 40.7 Å². The number of rotatable bonds is 8. The number of ether oxygens (including phenoxy) is 1. The number of hydrogen-bond acceptors (Lipinski definition) is 4. The minimum absolute atomic E-state index is 0.120. The molecule has 1 amide bonds. The highest BCUT2D eigenvalue weighted by atomic mass is 16.5. The van der Waals surface area contributed by atoms with Crippen molar-refractivity contribution in [2.45, 2.75) is 19.7 Å². The van der Waals surface area contributed by atoms with Crippen LogP contribution in [0, 0.1) is 0 Å². The molecule has 7 heteroatoms. The van der Waals surface area contributed by atoms with Gasteiger partial charge in [-0.1, -0.05) is 24.3 Å². The van der Waals surface area contributed by atoms with Crippen LogP contribution < -0.4 is 10.1 Å². The zero-order valence-corrected chi connectivity index (χ0v) is 16.7. The predicted molar refractivity (Wildman–Crippen MR) is 113 cm³/mol. The summed E-state index contributed by atoms with van der Waals surface area (Å²) < 4.78 is 9.65. The van der Waals surface area contributed by atoms with E-state index in [1.54, 1.807) is 43.0 Å². The lowest BCUT2D eigenvalue weighted by Crippen LogP contribution is -2.22. The molecule has 152 valence electrons. The molecule has 1 N–H and O–H groups in total. The van der Waals surface area contributed by atoms with E-state index in [1.165, 1.54) is 0 Å². The summed E-state index contributed by atoms with van der Waals surface area (Å²) in [6.45, 7) is 1.60. The van der Waals surface area contributed by atoms with Crippen LogP contribution in [0.5, 0.6) is 5.75 Å². The van der Waals surface area contributed by atoms with E-state index in [0.717, 1.165) is 23.5 Å². The van der Waals surface area contributed by atoms with E-state index in [0.29, 0.717) is 24.5 Å². The molecule has 0 fully saturated rings. The van der Waals surface area contributed by atoms with Gasteiger partial charge in [-0.25, -0.2) is 9.97 Å². The van der Waals surface area contributed by atoms with Gasteiger partial charge in [0.25, 0.3) is 5.91 Å². The van der Waals surface area contributed by atoms with Crippen LogP contribution in [0.3, 0.4) is 0 Å². The second-order valence-electron chi connectivity index (χ2n) is 7.01. The van der Waals surface area contributed by atoms with Crippen molar-refractivity contribution < 1.29 is 9.53 Å². The number of aryl methyl sites for hydroxylation is 1. The summed E-state index contributed by atoms with van der Waals surface area (Å²) in [5.41, 5.74) is 2.80. The molecule has 2 aromatic heterocycles. The van der Waals surface area contributed by atoms with Gasteiger partial charge in [0.2, 0.25) is 0 Å². The molecule has 30 heavy (non-hydrogen) atoms. The highest BCUT2D eigenvalue weighted by Crippen LogP contribution is 2.14. The third-order valence-electron chi connectivity index (χ3n) is 4.77. The molecular formula is C23H23N5O2. The standard InChI is InChI=1S/C23H23N5O2/c1-27-11-10-25-22(27)16-30-21-7-5-20(6-8-21)23(29)26-14-18-3-2-4-19(13-18)15-28-12-9-24-17-28/h2-13,17H,14-16H2,1H3,(H,26,29). The number of carbonyl (C=O) groups is 1. The Hall–Kier alpha value is -3.87. The SMILES string of the molecule is Cn1ccnc1COc1ccc(C(=O)NCc2cccc(Cn3ccnc3)c2)cc1. The minimum atomic E-state index is -0.120. The van der Waals surface area contributed by atoms with Crippen LogP contribution in [-0.2, 0) is 26.7 Å². The smallest absolute Gasteiger partial charge is 0.251 e. The number of amides is 1. The zero-order valence-electron chi connectivity index (χ0n) is 16.7. The molecule has 0 atom stereocenters. The van der Waals surface area contributed by atoms with Crippen molar-refractivity contribution >= 4 is 5.91 Å². The maximum atomic E-state index is 12.5. The Bertz CT molecular complexity index is 1100. The van der Waals surface area contributed by atoms with Crippen molar-refractivity contribution in [1.29, 1.82) is 0 Å². The number of nitrogens with zero attached hydrogens (tertiary/aromatic N) is 4. The van der Waals surface area contributed by atoms with Crippen LogP contribution in [0.15, 0.2) is 79.6 Å². The van der Waals surface area contributed by atoms with E-state index in [-0.39, 0.29) is 5.91 Å². The maximum Gasteiger partial charge on any atom is 0.251 e. The normalized spacial score (nSPS) is 10.7. The van der Waals surface area contributed by atoms with Crippen molar-refractivity contribution in [1.82, 2.24) is 24.4 Å². The van der Waals surface area contributed by atoms with Gasteiger partial charge in [0.05, 0.1) is 6.33 Å². The molecule has 4 rings (SSSR count). The largest absolute Gasteiger partial charge is 0.486 e. The Kier molecular flexibility index (Phi) is 5.89. The molecule has 0 aliphatic heterocycles. The van der Waals surface area contributed by atoms with Crippen LogP contribution in [0.1, 0.15) is 27.3 Å². The van der Waals surface area contributed by atoms with Crippen molar-refractivity contribution in [3.8, 4) is 5.75 Å². The summed E-state index contributed by atoms with van der Waals surface area (Å²) in [4.78, 5) is 20.8. The number of hydrogen-bond donors (Lipinski definition) is 1. The fourth-order valence-corrected chi connectivity index (χ4v) is 3.10. The summed E-state index contributed by atoms with van der Waals surface area (Å²) in [5.74, 6) is 1.42. The highest BCUT2D eigenvalue weighted by molar-refractivity contribution is 5.94. The molecule has 0 unspecified atom stereocenters. The molecule has 2 aromatic carbocycles. The fourth-order valence-electron chi connectivity index (χ4n) is 3.10. The van der Waals surface area contributed by atoms with Gasteiger partial charge >= 0.3 is 0 Å². The fraction of sp³-hybridized carbons (Fsp3) is 0.174. The van der Waals surface area contributed by atoms with Gasteiger partial charge in [-0.05, 0) is 35.4 Å². The van der Waals surface area contributed by atoms with Crippen LogP contribution in [0.4, 0.5) is 0 Å². The number of imidazole rings is 2. The average Bonchev–Trinajstić information content (AvgIpc) is 3.43. The molecule has 0 saturated heterocycles.